The molecule has 0 atom stereocenters. The van der Waals surface area contributed by atoms with Crippen molar-refractivity contribution in [2.75, 3.05) is 11.5 Å². The van der Waals surface area contributed by atoms with E-state index in [-0.39, 0.29) is 24.7 Å². The van der Waals surface area contributed by atoms with Crippen molar-refractivity contribution in [1.29, 1.82) is 0 Å². The van der Waals surface area contributed by atoms with Gasteiger partial charge in [0.2, 0.25) is 0 Å². The van der Waals surface area contributed by atoms with Gasteiger partial charge in [0.25, 0.3) is 20.2 Å². The molecular formula is C27H24N2O8S2. The van der Waals surface area contributed by atoms with Gasteiger partial charge in [0, 0.05) is 11.4 Å². The lowest BCUT2D eigenvalue weighted by Crippen LogP contribution is -2.06. The Morgan fingerprint density at radius 3 is 1.31 bits per heavy atom. The smallest absolute Gasteiger partial charge is 0.298 e. The number of hydrogen-bond donors (Lipinski definition) is 4. The highest BCUT2D eigenvalue weighted by Gasteiger charge is 2.29. The first-order valence-corrected chi connectivity index (χ1v) is 14.5. The first-order chi connectivity index (χ1) is 18.4. The molecule has 1 aliphatic carbocycles. The fourth-order valence-corrected chi connectivity index (χ4v) is 5.66. The maximum Gasteiger partial charge on any atom is 0.298 e. The molecule has 4 aromatic carbocycles. The van der Waals surface area contributed by atoms with Gasteiger partial charge in [-0.25, -0.2) is 0 Å². The lowest BCUT2D eigenvalue weighted by molar-refractivity contribution is 0.296. The van der Waals surface area contributed by atoms with Crippen LogP contribution in [0.5, 0.6) is 11.5 Å². The third-order valence-corrected chi connectivity index (χ3v) is 8.06. The van der Waals surface area contributed by atoms with Gasteiger partial charge in [-0.15, -0.1) is 0 Å². The number of hydrogen-bond acceptors (Lipinski definition) is 8. The van der Waals surface area contributed by atoms with Crippen LogP contribution in [0.15, 0.2) is 82.6 Å². The molecule has 0 unspecified atom stereocenters. The highest BCUT2D eigenvalue weighted by Crippen LogP contribution is 2.44. The summed E-state index contributed by atoms with van der Waals surface area (Å²) in [6.45, 7) is 0.0368. The van der Waals surface area contributed by atoms with Crippen LogP contribution in [0.3, 0.4) is 0 Å². The van der Waals surface area contributed by atoms with E-state index in [1.54, 1.807) is 48.5 Å². The number of anilines is 2. The Labute approximate surface area is 225 Å². The van der Waals surface area contributed by atoms with Gasteiger partial charge in [-0.2, -0.15) is 16.8 Å². The standard InChI is InChI=1S/C27H24N2O8S2/c28-20-5-1-16(2-6-20)14-36-24-10-18-9-19-11-25(37-15-17-3-7-21(29)8-4-17)27(39(33,34)35)13-23(19)22(18)12-26(24)38(30,31)32/h1-8,10-13H,9,14-15,28-29H2,(H,30,31,32)(H,33,34,35). The lowest BCUT2D eigenvalue weighted by Gasteiger charge is -2.14. The van der Waals surface area contributed by atoms with E-state index in [9.17, 15) is 25.9 Å². The van der Waals surface area contributed by atoms with Crippen molar-refractivity contribution in [2.24, 2.45) is 0 Å². The van der Waals surface area contributed by atoms with E-state index < -0.39 is 30.0 Å². The van der Waals surface area contributed by atoms with Crippen molar-refractivity contribution in [1.82, 2.24) is 0 Å². The molecule has 6 N–H and O–H groups in total. The summed E-state index contributed by atoms with van der Waals surface area (Å²) in [5, 5.41) is 0. The highest BCUT2D eigenvalue weighted by molar-refractivity contribution is 7.86. The quantitative estimate of drug-likeness (QED) is 0.157. The molecule has 0 aromatic heterocycles. The molecule has 0 saturated carbocycles. The summed E-state index contributed by atoms with van der Waals surface area (Å²) in [5.41, 5.74) is 16.0. The summed E-state index contributed by atoms with van der Waals surface area (Å²) in [5.74, 6) is -0.119. The van der Waals surface area contributed by atoms with Crippen molar-refractivity contribution < 1.29 is 35.4 Å². The molecule has 0 spiro atoms. The summed E-state index contributed by atoms with van der Waals surface area (Å²) in [6.07, 6.45) is 0.304. The van der Waals surface area contributed by atoms with Crippen LogP contribution in [0.1, 0.15) is 22.3 Å². The fraction of sp³-hybridized carbons (Fsp3) is 0.111. The van der Waals surface area contributed by atoms with Gasteiger partial charge in [0.05, 0.1) is 0 Å². The summed E-state index contributed by atoms with van der Waals surface area (Å²) in [6, 6.07) is 19.1. The molecule has 0 aliphatic heterocycles. The molecule has 10 nitrogen and oxygen atoms in total. The summed E-state index contributed by atoms with van der Waals surface area (Å²) in [4.78, 5) is -0.941. The third-order valence-electron chi connectivity index (χ3n) is 6.31. The van der Waals surface area contributed by atoms with E-state index in [4.69, 9.17) is 20.9 Å². The largest absolute Gasteiger partial charge is 0.487 e. The van der Waals surface area contributed by atoms with Crippen molar-refractivity contribution in [3.8, 4) is 22.6 Å². The van der Waals surface area contributed by atoms with Crippen LogP contribution in [0.2, 0.25) is 0 Å². The van der Waals surface area contributed by atoms with Crippen LogP contribution in [-0.2, 0) is 39.9 Å². The van der Waals surface area contributed by atoms with Gasteiger partial charge in [-0.1, -0.05) is 24.3 Å². The van der Waals surface area contributed by atoms with E-state index in [1.165, 1.54) is 24.3 Å². The van der Waals surface area contributed by atoms with Crippen molar-refractivity contribution >= 4 is 31.6 Å². The zero-order valence-corrected chi connectivity index (χ0v) is 22.0. The Hall–Kier alpha value is -4.10. The van der Waals surface area contributed by atoms with Crippen LogP contribution in [0.25, 0.3) is 11.1 Å². The Bertz CT molecular complexity index is 1650. The number of nitrogen functional groups attached to an aromatic ring is 2. The van der Waals surface area contributed by atoms with Crippen LogP contribution >= 0.6 is 0 Å². The minimum Gasteiger partial charge on any atom is -0.487 e. The number of ether oxygens (including phenoxy) is 2. The van der Waals surface area contributed by atoms with Gasteiger partial charge in [0.1, 0.15) is 34.5 Å². The maximum absolute atomic E-state index is 12.2. The van der Waals surface area contributed by atoms with E-state index >= 15 is 0 Å². The monoisotopic (exact) mass is 568 g/mol. The molecule has 12 heteroatoms. The molecule has 5 rings (SSSR count). The van der Waals surface area contributed by atoms with Crippen LogP contribution < -0.4 is 20.9 Å². The molecule has 0 saturated heterocycles. The normalized spacial score (nSPS) is 12.6. The average molecular weight is 569 g/mol. The van der Waals surface area contributed by atoms with Gasteiger partial charge >= 0.3 is 0 Å². The van der Waals surface area contributed by atoms with Gasteiger partial charge in [-0.3, -0.25) is 9.11 Å². The van der Waals surface area contributed by atoms with E-state index in [2.05, 4.69) is 0 Å². The SMILES string of the molecule is Nc1ccc(COc2cc3c(cc2S(=O)(=O)O)-c2cc(S(=O)(=O)O)c(OCc4ccc(N)cc4)cc2C3)cc1. The minimum absolute atomic E-state index is 0.0184. The second-order valence-corrected chi connectivity index (χ2v) is 11.9. The molecule has 0 amide bonds. The first-order valence-electron chi connectivity index (χ1n) is 11.6. The molecule has 39 heavy (non-hydrogen) atoms. The summed E-state index contributed by atoms with van der Waals surface area (Å²) < 4.78 is 80.3. The molecule has 0 heterocycles. The van der Waals surface area contributed by atoms with Gasteiger partial charge in [0.15, 0.2) is 0 Å². The molecule has 0 fully saturated rings. The Balaban J connectivity index is 1.52. The molecule has 0 bridgehead atoms. The Morgan fingerprint density at radius 1 is 0.615 bits per heavy atom. The number of fused-ring (bicyclic) bond motifs is 3. The van der Waals surface area contributed by atoms with Crippen LogP contribution in [0, 0.1) is 0 Å². The zero-order chi connectivity index (χ0) is 27.9. The van der Waals surface area contributed by atoms with Crippen LogP contribution in [0.4, 0.5) is 11.4 Å². The predicted molar refractivity (Wildman–Crippen MR) is 145 cm³/mol. The van der Waals surface area contributed by atoms with E-state index in [1.807, 2.05) is 0 Å². The number of rotatable bonds is 8. The first kappa shape index (κ1) is 26.5. The molecule has 1 aliphatic rings. The van der Waals surface area contributed by atoms with E-state index in [0.717, 1.165) is 11.1 Å². The predicted octanol–water partition coefficient (Wildman–Crippen LogP) is 4.07. The zero-order valence-electron chi connectivity index (χ0n) is 20.4. The molecule has 0 radical (unpaired) electrons. The fourth-order valence-electron chi connectivity index (χ4n) is 4.38. The number of nitrogens with two attached hydrogens (primary N) is 2. The van der Waals surface area contributed by atoms with Crippen molar-refractivity contribution in [3.05, 3.63) is 95.1 Å². The highest BCUT2D eigenvalue weighted by atomic mass is 32.2. The summed E-state index contributed by atoms with van der Waals surface area (Å²) >= 11 is 0. The van der Waals surface area contributed by atoms with Crippen molar-refractivity contribution in [3.63, 3.8) is 0 Å². The maximum atomic E-state index is 12.2. The van der Waals surface area contributed by atoms with Gasteiger partial charge in [-0.05, 0) is 88.3 Å². The topological polar surface area (TPSA) is 179 Å². The van der Waals surface area contributed by atoms with Gasteiger partial charge < -0.3 is 20.9 Å². The number of benzene rings is 4. The van der Waals surface area contributed by atoms with Crippen LogP contribution in [-0.4, -0.2) is 25.9 Å². The second-order valence-electron chi connectivity index (χ2n) is 9.10. The van der Waals surface area contributed by atoms with Crippen molar-refractivity contribution in [2.45, 2.75) is 29.4 Å². The average Bonchev–Trinajstić information content (AvgIpc) is 3.22. The lowest BCUT2D eigenvalue weighted by atomic mass is 10.1. The molecular weight excluding hydrogens is 544 g/mol. The Morgan fingerprint density at radius 2 is 0.974 bits per heavy atom. The Kier molecular flexibility index (Phi) is 6.72. The third kappa shape index (κ3) is 5.68. The van der Waals surface area contributed by atoms with E-state index in [0.29, 0.717) is 40.0 Å². The summed E-state index contributed by atoms with van der Waals surface area (Å²) in [7, 11) is -9.41. The molecule has 4 aromatic rings. The molecule has 202 valence electrons. The minimum atomic E-state index is -4.70. The second kappa shape index (κ2) is 9.89.